The first-order valence-corrected chi connectivity index (χ1v) is 6.71. The highest BCUT2D eigenvalue weighted by molar-refractivity contribution is 14.1. The van der Waals surface area contributed by atoms with Crippen LogP contribution < -0.4 is 0 Å². The first-order valence-electron chi connectivity index (χ1n) is 5.18. The van der Waals surface area contributed by atoms with E-state index in [-0.39, 0.29) is 22.4 Å². The minimum atomic E-state index is -1.22. The molecule has 0 aliphatic heterocycles. The van der Waals surface area contributed by atoms with Crippen molar-refractivity contribution in [3.8, 4) is 0 Å². The van der Waals surface area contributed by atoms with E-state index in [9.17, 15) is 9.59 Å². The molecule has 0 fully saturated rings. The van der Waals surface area contributed by atoms with Gasteiger partial charge in [-0.3, -0.25) is 4.79 Å². The topological polar surface area (TPSA) is 52.6 Å². The summed E-state index contributed by atoms with van der Waals surface area (Å²) in [5.74, 6) is -0.938. The second-order valence-corrected chi connectivity index (χ2v) is 5.13. The van der Waals surface area contributed by atoms with Crippen LogP contribution in [-0.2, 0) is 19.1 Å². The van der Waals surface area contributed by atoms with Crippen LogP contribution >= 0.6 is 22.6 Å². The molecule has 0 aliphatic rings. The van der Waals surface area contributed by atoms with Crippen molar-refractivity contribution in [3.63, 3.8) is 0 Å². The van der Waals surface area contributed by atoms with Gasteiger partial charge in [0, 0.05) is 0 Å². The predicted molar refractivity (Wildman–Crippen MR) is 69.2 cm³/mol. The van der Waals surface area contributed by atoms with Gasteiger partial charge in [-0.1, -0.05) is 20.8 Å². The van der Waals surface area contributed by atoms with Gasteiger partial charge in [0.2, 0.25) is 5.60 Å². The molecule has 1 atom stereocenters. The Morgan fingerprint density at radius 3 is 2.12 bits per heavy atom. The van der Waals surface area contributed by atoms with Gasteiger partial charge in [-0.05, 0) is 42.4 Å². The Kier molecular flexibility index (Phi) is 6.28. The number of hydrogen-bond donors (Lipinski definition) is 0. The second-order valence-electron chi connectivity index (χ2n) is 4.51. The molecule has 1 unspecified atom stereocenters. The van der Waals surface area contributed by atoms with Gasteiger partial charge in [-0.25, -0.2) is 4.79 Å². The third kappa shape index (κ3) is 4.67. The predicted octanol–water partition coefficient (Wildman–Crippen LogP) is 2.54. The highest BCUT2D eigenvalue weighted by atomic mass is 127. The van der Waals surface area contributed by atoms with Crippen molar-refractivity contribution >= 4 is 34.5 Å². The van der Waals surface area contributed by atoms with Crippen molar-refractivity contribution in [1.29, 1.82) is 0 Å². The molecule has 0 aromatic carbocycles. The molecule has 0 bridgehead atoms. The Balaban J connectivity index is 4.47. The molecule has 16 heavy (non-hydrogen) atoms. The Morgan fingerprint density at radius 1 is 1.25 bits per heavy atom. The average Bonchev–Trinajstić information content (AvgIpc) is 2.16. The summed E-state index contributed by atoms with van der Waals surface area (Å²) in [5.41, 5.74) is -1.22. The Bertz CT molecular complexity index is 261. The summed E-state index contributed by atoms with van der Waals surface area (Å²) in [6, 6.07) is 0. The van der Waals surface area contributed by atoms with Crippen LogP contribution in [0.2, 0.25) is 0 Å². The number of ether oxygens (including phenoxy) is 2. The molecule has 4 nitrogen and oxygen atoms in total. The summed E-state index contributed by atoms with van der Waals surface area (Å²) in [6.07, 6.45) is 0. The second kappa shape index (κ2) is 6.42. The molecule has 0 radical (unpaired) electrons. The van der Waals surface area contributed by atoms with Crippen molar-refractivity contribution in [1.82, 2.24) is 0 Å². The van der Waals surface area contributed by atoms with Gasteiger partial charge in [0.05, 0.1) is 5.92 Å². The van der Waals surface area contributed by atoms with E-state index in [1.807, 2.05) is 36.4 Å². The van der Waals surface area contributed by atoms with E-state index >= 15 is 0 Å². The van der Waals surface area contributed by atoms with E-state index in [0.717, 1.165) is 0 Å². The average molecular weight is 342 g/mol. The van der Waals surface area contributed by atoms with Gasteiger partial charge in [0.15, 0.2) is 0 Å². The largest absolute Gasteiger partial charge is 0.452 e. The fraction of sp³-hybridized carbons (Fsp3) is 0.818. The molecule has 0 heterocycles. The molecule has 0 saturated carbocycles. The maximum absolute atomic E-state index is 11.7. The van der Waals surface area contributed by atoms with Crippen LogP contribution in [0.1, 0.15) is 34.6 Å². The maximum atomic E-state index is 11.7. The van der Waals surface area contributed by atoms with Crippen LogP contribution in [0.3, 0.4) is 0 Å². The maximum Gasteiger partial charge on any atom is 0.350 e. The van der Waals surface area contributed by atoms with Crippen molar-refractivity contribution in [3.05, 3.63) is 0 Å². The summed E-state index contributed by atoms with van der Waals surface area (Å²) in [7, 11) is 0. The molecule has 94 valence electrons. The highest BCUT2D eigenvalue weighted by Crippen LogP contribution is 2.18. The lowest BCUT2D eigenvalue weighted by molar-refractivity contribution is -0.180. The smallest absolute Gasteiger partial charge is 0.350 e. The molecule has 0 rings (SSSR count). The quantitative estimate of drug-likeness (QED) is 0.438. The first-order chi connectivity index (χ1) is 7.22. The third-order valence-corrected chi connectivity index (χ3v) is 2.72. The zero-order valence-electron chi connectivity index (χ0n) is 10.4. The molecule has 0 amide bonds. The summed E-state index contributed by atoms with van der Waals surface area (Å²) in [6.45, 7) is 8.72. The van der Waals surface area contributed by atoms with Crippen LogP contribution in [-0.4, -0.2) is 22.2 Å². The summed E-state index contributed by atoms with van der Waals surface area (Å²) >= 11 is 1.92. The lowest BCUT2D eigenvalue weighted by atomic mass is 9.98. The van der Waals surface area contributed by atoms with E-state index in [0.29, 0.717) is 0 Å². The molecule has 0 aromatic rings. The summed E-state index contributed by atoms with van der Waals surface area (Å²) < 4.78 is 10.2. The first kappa shape index (κ1) is 15.7. The van der Waals surface area contributed by atoms with Gasteiger partial charge in [0.25, 0.3) is 0 Å². The lowest BCUT2D eigenvalue weighted by Crippen LogP contribution is -2.40. The Morgan fingerprint density at radius 2 is 1.75 bits per heavy atom. The van der Waals surface area contributed by atoms with Crippen LogP contribution in [0.25, 0.3) is 0 Å². The highest BCUT2D eigenvalue weighted by Gasteiger charge is 2.35. The molecule has 5 heteroatoms. The number of carbonyl (C=O) groups excluding carboxylic acids is 2. The lowest BCUT2D eigenvalue weighted by Gasteiger charge is -2.25. The van der Waals surface area contributed by atoms with E-state index in [1.165, 1.54) is 13.8 Å². The fourth-order valence-electron chi connectivity index (χ4n) is 0.882. The van der Waals surface area contributed by atoms with Gasteiger partial charge < -0.3 is 9.47 Å². The number of alkyl halides is 1. The zero-order valence-corrected chi connectivity index (χ0v) is 12.5. The molecule has 0 saturated heterocycles. The van der Waals surface area contributed by atoms with Crippen LogP contribution in [0.4, 0.5) is 0 Å². The number of hydrogen-bond acceptors (Lipinski definition) is 4. The third-order valence-electron chi connectivity index (χ3n) is 2.40. The summed E-state index contributed by atoms with van der Waals surface area (Å²) in [4.78, 5) is 23.2. The SMILES string of the molecule is CC(C)C(C)C(=O)OC(C)(C)C(=O)OCI. The molecular weight excluding hydrogens is 323 g/mol. The van der Waals surface area contributed by atoms with Gasteiger partial charge in [-0.2, -0.15) is 0 Å². The van der Waals surface area contributed by atoms with Crippen LogP contribution in [0, 0.1) is 11.8 Å². The monoisotopic (exact) mass is 342 g/mol. The molecule has 0 aliphatic carbocycles. The zero-order chi connectivity index (χ0) is 12.9. The Hall–Kier alpha value is -0.330. The molecule has 0 aromatic heterocycles. The van der Waals surface area contributed by atoms with E-state index in [1.54, 1.807) is 6.92 Å². The van der Waals surface area contributed by atoms with Gasteiger partial charge >= 0.3 is 11.9 Å². The molecule has 0 spiro atoms. The standard InChI is InChI=1S/C11H19IO4/c1-7(2)8(3)9(13)16-11(4,5)10(14)15-6-12/h7-8H,6H2,1-5H3. The van der Waals surface area contributed by atoms with E-state index in [2.05, 4.69) is 0 Å². The van der Waals surface area contributed by atoms with E-state index in [4.69, 9.17) is 9.47 Å². The minimum absolute atomic E-state index is 0.184. The van der Waals surface area contributed by atoms with Gasteiger partial charge in [-0.15, -0.1) is 0 Å². The number of halogens is 1. The van der Waals surface area contributed by atoms with Crippen LogP contribution in [0.5, 0.6) is 0 Å². The normalized spacial score (nSPS) is 13.4. The Labute approximate surface area is 110 Å². The van der Waals surface area contributed by atoms with Gasteiger partial charge in [0.1, 0.15) is 4.61 Å². The van der Waals surface area contributed by atoms with E-state index < -0.39 is 11.6 Å². The van der Waals surface area contributed by atoms with Crippen molar-refractivity contribution < 1.29 is 19.1 Å². The molecule has 0 N–H and O–H groups in total. The fourth-order valence-corrected chi connectivity index (χ4v) is 1.16. The van der Waals surface area contributed by atoms with Crippen molar-refractivity contribution in [2.75, 3.05) is 4.61 Å². The minimum Gasteiger partial charge on any atom is -0.452 e. The van der Waals surface area contributed by atoms with Crippen molar-refractivity contribution in [2.24, 2.45) is 11.8 Å². The molecular formula is C11H19IO4. The number of esters is 2. The number of carbonyl (C=O) groups is 2. The van der Waals surface area contributed by atoms with Crippen molar-refractivity contribution in [2.45, 2.75) is 40.2 Å². The van der Waals surface area contributed by atoms with Crippen LogP contribution in [0.15, 0.2) is 0 Å². The number of rotatable bonds is 5. The summed E-state index contributed by atoms with van der Waals surface area (Å²) in [5, 5.41) is 0.